The van der Waals surface area contributed by atoms with Crippen molar-refractivity contribution in [1.29, 1.82) is 0 Å². The fraction of sp³-hybridized carbons (Fsp3) is 0.278. The normalized spacial score (nSPS) is 10.6. The van der Waals surface area contributed by atoms with Crippen LogP contribution in [-0.2, 0) is 16.0 Å². The summed E-state index contributed by atoms with van der Waals surface area (Å²) in [6.07, 6.45) is 0.192. The molecule has 0 spiro atoms. The molecule has 1 heterocycles. The molecule has 0 atom stereocenters. The van der Waals surface area contributed by atoms with Gasteiger partial charge in [0.05, 0.1) is 22.8 Å². The SMILES string of the molecule is Cc1ccc(-c2ccc(O)c(CCC(=O)CCC(=O)O)n2)c(Cl)c1. The van der Waals surface area contributed by atoms with E-state index in [1.165, 1.54) is 6.07 Å². The van der Waals surface area contributed by atoms with Gasteiger partial charge < -0.3 is 10.2 Å². The first-order valence-electron chi connectivity index (χ1n) is 7.55. The van der Waals surface area contributed by atoms with Crippen molar-refractivity contribution in [2.45, 2.75) is 32.6 Å². The molecule has 0 bridgehead atoms. The first-order valence-corrected chi connectivity index (χ1v) is 7.93. The molecule has 1 aromatic heterocycles. The number of carbonyl (C=O) groups excluding carboxylic acids is 1. The highest BCUT2D eigenvalue weighted by molar-refractivity contribution is 6.33. The third-order valence-electron chi connectivity index (χ3n) is 3.61. The number of Topliss-reactive ketones (excluding diaryl/α,β-unsaturated/α-hetero) is 1. The summed E-state index contributed by atoms with van der Waals surface area (Å²) in [7, 11) is 0. The van der Waals surface area contributed by atoms with Crippen molar-refractivity contribution < 1.29 is 19.8 Å². The van der Waals surface area contributed by atoms with Gasteiger partial charge in [-0.25, -0.2) is 4.98 Å². The predicted octanol–water partition coefficient (Wildman–Crippen LogP) is 3.78. The zero-order chi connectivity index (χ0) is 17.7. The second-order valence-electron chi connectivity index (χ2n) is 5.58. The van der Waals surface area contributed by atoms with Gasteiger partial charge in [0, 0.05) is 24.8 Å². The van der Waals surface area contributed by atoms with Crippen LogP contribution in [-0.4, -0.2) is 26.9 Å². The highest BCUT2D eigenvalue weighted by atomic mass is 35.5. The van der Waals surface area contributed by atoms with Crippen LogP contribution in [0.25, 0.3) is 11.3 Å². The first-order chi connectivity index (χ1) is 11.4. The van der Waals surface area contributed by atoms with E-state index in [9.17, 15) is 14.7 Å². The van der Waals surface area contributed by atoms with Gasteiger partial charge in [0.15, 0.2) is 0 Å². The fourth-order valence-corrected chi connectivity index (χ4v) is 2.62. The Bertz CT molecular complexity index is 774. The molecule has 0 fully saturated rings. The minimum atomic E-state index is -1.000. The van der Waals surface area contributed by atoms with Gasteiger partial charge in [0.25, 0.3) is 0 Å². The number of aryl methyl sites for hydroxylation is 2. The van der Waals surface area contributed by atoms with Crippen molar-refractivity contribution in [3.63, 3.8) is 0 Å². The number of nitrogens with zero attached hydrogens (tertiary/aromatic N) is 1. The molecule has 24 heavy (non-hydrogen) atoms. The fourth-order valence-electron chi connectivity index (χ4n) is 2.29. The summed E-state index contributed by atoms with van der Waals surface area (Å²) in [4.78, 5) is 26.6. The molecule has 0 unspecified atom stereocenters. The van der Waals surface area contributed by atoms with Crippen LogP contribution in [0.2, 0.25) is 5.02 Å². The van der Waals surface area contributed by atoms with Crippen LogP contribution in [0.15, 0.2) is 30.3 Å². The molecule has 6 heteroatoms. The van der Waals surface area contributed by atoms with E-state index in [1.54, 1.807) is 6.07 Å². The monoisotopic (exact) mass is 347 g/mol. The summed E-state index contributed by atoms with van der Waals surface area (Å²) in [6.45, 7) is 1.94. The quantitative estimate of drug-likeness (QED) is 0.795. The summed E-state index contributed by atoms with van der Waals surface area (Å²) in [5.74, 6) is -1.16. The number of aromatic hydroxyl groups is 1. The van der Waals surface area contributed by atoms with Crippen molar-refractivity contribution in [3.8, 4) is 17.0 Å². The van der Waals surface area contributed by atoms with Gasteiger partial charge in [-0.3, -0.25) is 9.59 Å². The number of rotatable bonds is 7. The molecule has 0 amide bonds. The van der Waals surface area contributed by atoms with Gasteiger partial charge in [-0.05, 0) is 30.7 Å². The number of pyridine rings is 1. The van der Waals surface area contributed by atoms with E-state index in [2.05, 4.69) is 4.98 Å². The van der Waals surface area contributed by atoms with Gasteiger partial charge in [0.1, 0.15) is 11.5 Å². The number of carbonyl (C=O) groups is 2. The van der Waals surface area contributed by atoms with E-state index in [1.807, 2.05) is 25.1 Å². The Hall–Kier alpha value is -2.40. The topological polar surface area (TPSA) is 87.5 Å². The second-order valence-corrected chi connectivity index (χ2v) is 5.99. The van der Waals surface area contributed by atoms with Crippen LogP contribution in [0.1, 0.15) is 30.5 Å². The number of halogens is 1. The number of benzene rings is 1. The molecule has 2 N–H and O–H groups in total. The number of hydrogen-bond acceptors (Lipinski definition) is 4. The Morgan fingerprint density at radius 2 is 1.88 bits per heavy atom. The first kappa shape index (κ1) is 17.9. The average molecular weight is 348 g/mol. The number of carboxylic acids is 1. The van der Waals surface area contributed by atoms with E-state index >= 15 is 0 Å². The van der Waals surface area contributed by atoms with E-state index in [0.717, 1.165) is 11.1 Å². The molecule has 126 valence electrons. The average Bonchev–Trinajstić information content (AvgIpc) is 2.52. The molecule has 2 rings (SSSR count). The molecule has 0 aliphatic heterocycles. The van der Waals surface area contributed by atoms with Crippen molar-refractivity contribution in [2.24, 2.45) is 0 Å². The largest absolute Gasteiger partial charge is 0.506 e. The van der Waals surface area contributed by atoms with Gasteiger partial charge in [-0.2, -0.15) is 0 Å². The second kappa shape index (κ2) is 7.93. The van der Waals surface area contributed by atoms with E-state index in [-0.39, 0.29) is 37.2 Å². The molecule has 0 saturated heterocycles. The van der Waals surface area contributed by atoms with Crippen molar-refractivity contribution in [3.05, 3.63) is 46.6 Å². The number of ketones is 1. The summed E-state index contributed by atoms with van der Waals surface area (Å²) in [6, 6.07) is 8.81. The molecule has 1 aromatic carbocycles. The number of aromatic nitrogens is 1. The van der Waals surface area contributed by atoms with E-state index < -0.39 is 5.97 Å². The molecule has 5 nitrogen and oxygen atoms in total. The molecule has 2 aromatic rings. The Kier molecular flexibility index (Phi) is 5.93. The zero-order valence-electron chi connectivity index (χ0n) is 13.3. The molecule has 0 saturated carbocycles. The Morgan fingerprint density at radius 3 is 2.54 bits per heavy atom. The van der Waals surface area contributed by atoms with Gasteiger partial charge in [-0.15, -0.1) is 0 Å². The summed E-state index contributed by atoms with van der Waals surface area (Å²) in [5, 5.41) is 19.1. The lowest BCUT2D eigenvalue weighted by atomic mass is 10.1. The molecule has 0 radical (unpaired) electrons. The highest BCUT2D eigenvalue weighted by Gasteiger charge is 2.12. The third-order valence-corrected chi connectivity index (χ3v) is 3.92. The Labute approximate surface area is 144 Å². The molecule has 0 aliphatic carbocycles. The van der Waals surface area contributed by atoms with E-state index in [0.29, 0.717) is 16.4 Å². The third kappa shape index (κ3) is 4.80. The minimum Gasteiger partial charge on any atom is -0.506 e. The standard InChI is InChI=1S/C18H18ClNO4/c1-11-2-5-13(14(19)10-11)15-7-8-17(22)16(20-15)6-3-12(21)4-9-18(23)24/h2,5,7-8,10,22H,3-4,6,9H2,1H3,(H,23,24). The smallest absolute Gasteiger partial charge is 0.303 e. The lowest BCUT2D eigenvalue weighted by molar-refractivity contribution is -0.138. The Balaban J connectivity index is 2.14. The number of aliphatic carboxylic acids is 1. The van der Waals surface area contributed by atoms with Crippen LogP contribution in [0, 0.1) is 6.92 Å². The van der Waals surface area contributed by atoms with Crippen molar-refractivity contribution in [2.75, 3.05) is 0 Å². The summed E-state index contributed by atoms with van der Waals surface area (Å²) >= 11 is 6.24. The summed E-state index contributed by atoms with van der Waals surface area (Å²) in [5.41, 5.74) is 2.80. The van der Waals surface area contributed by atoms with Gasteiger partial charge >= 0.3 is 5.97 Å². The Morgan fingerprint density at radius 1 is 1.12 bits per heavy atom. The minimum absolute atomic E-state index is 0.00742. The van der Waals surface area contributed by atoms with E-state index in [4.69, 9.17) is 16.7 Å². The van der Waals surface area contributed by atoms with Gasteiger partial charge in [0.2, 0.25) is 0 Å². The van der Waals surface area contributed by atoms with Crippen molar-refractivity contribution in [1.82, 2.24) is 4.98 Å². The van der Waals surface area contributed by atoms with Crippen LogP contribution in [0.3, 0.4) is 0 Å². The maximum atomic E-state index is 11.7. The van der Waals surface area contributed by atoms with Crippen LogP contribution in [0.5, 0.6) is 5.75 Å². The van der Waals surface area contributed by atoms with Crippen LogP contribution >= 0.6 is 11.6 Å². The highest BCUT2D eigenvalue weighted by Crippen LogP contribution is 2.29. The maximum Gasteiger partial charge on any atom is 0.303 e. The summed E-state index contributed by atoms with van der Waals surface area (Å²) < 4.78 is 0. The maximum absolute atomic E-state index is 11.7. The number of hydrogen-bond donors (Lipinski definition) is 2. The van der Waals surface area contributed by atoms with Crippen LogP contribution < -0.4 is 0 Å². The van der Waals surface area contributed by atoms with Crippen molar-refractivity contribution >= 4 is 23.4 Å². The molecular formula is C18H18ClNO4. The van der Waals surface area contributed by atoms with Gasteiger partial charge in [-0.1, -0.05) is 23.7 Å². The molecule has 0 aliphatic rings. The molecular weight excluding hydrogens is 330 g/mol. The lowest BCUT2D eigenvalue weighted by Gasteiger charge is -2.09. The van der Waals surface area contributed by atoms with Crippen LogP contribution in [0.4, 0.5) is 0 Å². The number of carboxylic acid groups (broad SMARTS) is 1. The lowest BCUT2D eigenvalue weighted by Crippen LogP contribution is -2.05. The predicted molar refractivity (Wildman–Crippen MR) is 91.3 cm³/mol. The zero-order valence-corrected chi connectivity index (χ0v) is 14.0.